The molecule has 0 bridgehead atoms. The third-order valence-electron chi connectivity index (χ3n) is 2.30. The fourth-order valence-electron chi connectivity index (χ4n) is 1.07. The summed E-state index contributed by atoms with van der Waals surface area (Å²) in [7, 11) is 0. The molecule has 0 radical (unpaired) electrons. The number of hydrogen-bond acceptors (Lipinski definition) is 2. The van der Waals surface area contributed by atoms with Gasteiger partial charge in [0.2, 0.25) is 0 Å². The van der Waals surface area contributed by atoms with Crippen LogP contribution in [0.5, 0.6) is 0 Å². The van der Waals surface area contributed by atoms with E-state index in [2.05, 4.69) is 27.7 Å². The fourth-order valence-corrected chi connectivity index (χ4v) is 1.07. The highest BCUT2D eigenvalue weighted by Gasteiger charge is 2.27. The summed E-state index contributed by atoms with van der Waals surface area (Å²) in [6.45, 7) is 11.1. The van der Waals surface area contributed by atoms with Gasteiger partial charge in [-0.25, -0.2) is 9.78 Å². The number of hydrogen-bond donors (Lipinski definition) is 0. The van der Waals surface area contributed by atoms with Crippen LogP contribution >= 0.6 is 0 Å². The van der Waals surface area contributed by atoms with Gasteiger partial charge in [0.15, 0.2) is 0 Å². The Hall–Kier alpha value is -0.0800. The van der Waals surface area contributed by atoms with Crippen molar-refractivity contribution in [3.8, 4) is 0 Å². The van der Waals surface area contributed by atoms with Crippen LogP contribution in [0.3, 0.4) is 0 Å². The van der Waals surface area contributed by atoms with Crippen LogP contribution in [0.1, 0.15) is 47.5 Å². The molecule has 0 aromatic heterocycles. The van der Waals surface area contributed by atoms with Crippen molar-refractivity contribution in [1.82, 2.24) is 0 Å². The maximum atomic E-state index is 5.29. The maximum absolute atomic E-state index is 5.29. The minimum atomic E-state index is -0.161. The van der Waals surface area contributed by atoms with E-state index in [9.17, 15) is 0 Å². The molecule has 0 saturated heterocycles. The average molecular weight is 174 g/mol. The Kier molecular flexibility index (Phi) is 5.51. The lowest BCUT2D eigenvalue weighted by molar-refractivity contribution is -0.361. The van der Waals surface area contributed by atoms with E-state index < -0.39 is 0 Å². The van der Waals surface area contributed by atoms with Crippen LogP contribution in [-0.4, -0.2) is 12.2 Å². The first-order valence-corrected chi connectivity index (χ1v) is 4.85. The van der Waals surface area contributed by atoms with E-state index in [0.717, 1.165) is 0 Å². The predicted octanol–water partition coefficient (Wildman–Crippen LogP) is 3.17. The summed E-state index contributed by atoms with van der Waals surface area (Å²) in [6.07, 6.45) is 2.38. The molecule has 0 aliphatic heterocycles. The highest BCUT2D eigenvalue weighted by molar-refractivity contribution is 4.74. The molecule has 0 spiro atoms. The molecule has 1 atom stereocenters. The van der Waals surface area contributed by atoms with Crippen molar-refractivity contribution in [3.05, 3.63) is 0 Å². The molecule has 12 heavy (non-hydrogen) atoms. The molecule has 0 aromatic rings. The van der Waals surface area contributed by atoms with Crippen molar-refractivity contribution >= 4 is 0 Å². The minimum absolute atomic E-state index is 0.161. The lowest BCUT2D eigenvalue weighted by Crippen LogP contribution is -2.32. The second-order valence-corrected chi connectivity index (χ2v) is 3.78. The first-order valence-electron chi connectivity index (χ1n) is 4.85. The van der Waals surface area contributed by atoms with Gasteiger partial charge >= 0.3 is 0 Å². The summed E-state index contributed by atoms with van der Waals surface area (Å²) in [5, 5.41) is 0. The van der Waals surface area contributed by atoms with Gasteiger partial charge in [-0.3, -0.25) is 0 Å². The van der Waals surface area contributed by atoms with E-state index in [-0.39, 0.29) is 5.60 Å². The molecule has 0 N–H and O–H groups in total. The van der Waals surface area contributed by atoms with Gasteiger partial charge in [-0.2, -0.15) is 0 Å². The van der Waals surface area contributed by atoms with Crippen molar-refractivity contribution in [2.45, 2.75) is 53.1 Å². The van der Waals surface area contributed by atoms with Gasteiger partial charge in [0, 0.05) is 0 Å². The SMILES string of the molecule is CCCC(C)C(C)(C)OOCC. The van der Waals surface area contributed by atoms with Gasteiger partial charge in [-0.05, 0) is 33.1 Å². The van der Waals surface area contributed by atoms with Crippen LogP contribution in [0, 0.1) is 5.92 Å². The third kappa shape index (κ3) is 4.07. The quantitative estimate of drug-likeness (QED) is 0.455. The molecule has 0 aliphatic rings. The Morgan fingerprint density at radius 3 is 2.25 bits per heavy atom. The lowest BCUT2D eigenvalue weighted by Gasteiger charge is -2.29. The Labute approximate surface area is 76.2 Å². The topological polar surface area (TPSA) is 18.5 Å². The zero-order valence-corrected chi connectivity index (χ0v) is 9.02. The van der Waals surface area contributed by atoms with Crippen LogP contribution in [0.4, 0.5) is 0 Å². The van der Waals surface area contributed by atoms with Crippen LogP contribution < -0.4 is 0 Å². The predicted molar refractivity (Wildman–Crippen MR) is 50.9 cm³/mol. The van der Waals surface area contributed by atoms with Crippen molar-refractivity contribution in [3.63, 3.8) is 0 Å². The minimum Gasteiger partial charge on any atom is -0.236 e. The molecular formula is C10H22O2. The Bertz CT molecular complexity index is 110. The van der Waals surface area contributed by atoms with Gasteiger partial charge in [-0.15, -0.1) is 0 Å². The first-order chi connectivity index (χ1) is 5.54. The third-order valence-corrected chi connectivity index (χ3v) is 2.30. The van der Waals surface area contributed by atoms with Crippen LogP contribution in [0.15, 0.2) is 0 Å². The van der Waals surface area contributed by atoms with Gasteiger partial charge in [-0.1, -0.05) is 20.3 Å². The smallest absolute Gasteiger partial charge is 0.100 e. The second-order valence-electron chi connectivity index (χ2n) is 3.78. The first kappa shape index (κ1) is 11.9. The average Bonchev–Trinajstić information content (AvgIpc) is 2.01. The summed E-state index contributed by atoms with van der Waals surface area (Å²) in [5.74, 6) is 0.536. The fraction of sp³-hybridized carbons (Fsp3) is 1.00. The monoisotopic (exact) mass is 174 g/mol. The molecule has 0 heterocycles. The van der Waals surface area contributed by atoms with Gasteiger partial charge < -0.3 is 0 Å². The molecule has 0 saturated carbocycles. The Morgan fingerprint density at radius 1 is 1.25 bits per heavy atom. The molecule has 2 nitrogen and oxygen atoms in total. The maximum Gasteiger partial charge on any atom is 0.100 e. The van der Waals surface area contributed by atoms with E-state index >= 15 is 0 Å². The van der Waals surface area contributed by atoms with Crippen molar-refractivity contribution < 1.29 is 9.78 Å². The van der Waals surface area contributed by atoms with Crippen LogP contribution in [-0.2, 0) is 9.78 Å². The van der Waals surface area contributed by atoms with E-state index in [4.69, 9.17) is 9.78 Å². The molecular weight excluding hydrogens is 152 g/mol. The van der Waals surface area contributed by atoms with Crippen molar-refractivity contribution in [1.29, 1.82) is 0 Å². The summed E-state index contributed by atoms with van der Waals surface area (Å²) in [4.78, 5) is 10.3. The molecule has 0 aromatic carbocycles. The normalized spacial score (nSPS) is 14.8. The number of rotatable bonds is 6. The van der Waals surface area contributed by atoms with Gasteiger partial charge in [0.05, 0.1) is 6.61 Å². The molecule has 74 valence electrons. The molecule has 1 unspecified atom stereocenters. The van der Waals surface area contributed by atoms with Crippen molar-refractivity contribution in [2.75, 3.05) is 6.61 Å². The Balaban J connectivity index is 3.81. The molecule has 2 heteroatoms. The van der Waals surface area contributed by atoms with Crippen molar-refractivity contribution in [2.24, 2.45) is 5.92 Å². The van der Waals surface area contributed by atoms with E-state index in [1.165, 1.54) is 12.8 Å². The second kappa shape index (κ2) is 5.55. The van der Waals surface area contributed by atoms with Gasteiger partial charge in [0.1, 0.15) is 5.60 Å². The summed E-state index contributed by atoms with van der Waals surface area (Å²) < 4.78 is 0. The summed E-state index contributed by atoms with van der Waals surface area (Å²) in [6, 6.07) is 0. The van der Waals surface area contributed by atoms with E-state index in [1.54, 1.807) is 0 Å². The summed E-state index contributed by atoms with van der Waals surface area (Å²) in [5.41, 5.74) is -0.161. The standard InChI is InChI=1S/C10H22O2/c1-6-8-9(3)10(4,5)12-11-7-2/h9H,6-8H2,1-5H3. The Morgan fingerprint density at radius 2 is 1.83 bits per heavy atom. The summed E-state index contributed by atoms with van der Waals surface area (Å²) >= 11 is 0. The lowest BCUT2D eigenvalue weighted by atomic mass is 9.89. The largest absolute Gasteiger partial charge is 0.236 e. The molecule has 0 amide bonds. The van der Waals surface area contributed by atoms with E-state index in [1.807, 2.05) is 6.92 Å². The molecule has 0 rings (SSSR count). The van der Waals surface area contributed by atoms with Gasteiger partial charge in [0.25, 0.3) is 0 Å². The highest BCUT2D eigenvalue weighted by atomic mass is 17.2. The van der Waals surface area contributed by atoms with E-state index in [0.29, 0.717) is 12.5 Å². The zero-order chi connectivity index (χ0) is 9.61. The van der Waals surface area contributed by atoms with Crippen LogP contribution in [0.2, 0.25) is 0 Å². The molecule has 0 fully saturated rings. The zero-order valence-electron chi connectivity index (χ0n) is 9.02. The molecule has 0 aliphatic carbocycles. The van der Waals surface area contributed by atoms with Crippen LogP contribution in [0.25, 0.3) is 0 Å². The highest BCUT2D eigenvalue weighted by Crippen LogP contribution is 2.25.